The number of rotatable bonds is 8. The summed E-state index contributed by atoms with van der Waals surface area (Å²) in [6.07, 6.45) is 0. The molecule has 8 nitrogen and oxygen atoms in total. The van der Waals surface area contributed by atoms with Gasteiger partial charge in [-0.05, 0) is 45.9 Å². The molecule has 0 spiro atoms. The predicted octanol–water partition coefficient (Wildman–Crippen LogP) is 7.69. The van der Waals surface area contributed by atoms with Gasteiger partial charge in [-0.15, -0.1) is 12.4 Å². The fraction of sp³-hybridized carbons (Fsp3) is 0.519. The highest BCUT2D eigenvalue weighted by atomic mass is 35.5. The van der Waals surface area contributed by atoms with Crippen molar-refractivity contribution in [1.29, 1.82) is 0 Å². The second kappa shape index (κ2) is 11.4. The summed E-state index contributed by atoms with van der Waals surface area (Å²) in [4.78, 5) is 29.9. The van der Waals surface area contributed by atoms with Crippen LogP contribution in [0.2, 0.25) is 0 Å². The first-order valence-corrected chi connectivity index (χ1v) is 12.3. The van der Waals surface area contributed by atoms with Crippen LogP contribution in [0.1, 0.15) is 107 Å². The lowest BCUT2D eigenvalue weighted by Gasteiger charge is -2.31. The first-order valence-electron chi connectivity index (χ1n) is 12.3. The molecule has 1 aliphatic rings. The number of hydrogen-bond acceptors (Lipinski definition) is 6. The average Bonchev–Trinajstić information content (AvgIpc) is 3.25. The van der Waals surface area contributed by atoms with Crippen molar-refractivity contribution in [2.45, 2.75) is 79.1 Å². The average molecular weight is 517 g/mol. The number of nitro benzene ring substituents is 2. The van der Waals surface area contributed by atoms with Crippen LogP contribution >= 0.6 is 12.4 Å². The fourth-order valence-electron chi connectivity index (χ4n) is 4.79. The van der Waals surface area contributed by atoms with Crippen LogP contribution in [0.15, 0.2) is 29.3 Å². The Labute approximate surface area is 219 Å². The Morgan fingerprint density at radius 1 is 0.722 bits per heavy atom. The molecule has 0 atom stereocenters. The summed E-state index contributed by atoms with van der Waals surface area (Å²) in [6.45, 7) is 17.6. The van der Waals surface area contributed by atoms with Crippen LogP contribution in [-0.4, -0.2) is 28.8 Å². The number of non-ortho nitro benzene ring substituents is 2. The largest absolute Gasteiger partial charge is 0.324 e. The maximum atomic E-state index is 11.7. The van der Waals surface area contributed by atoms with E-state index in [1.54, 1.807) is 24.3 Å². The van der Waals surface area contributed by atoms with E-state index in [-0.39, 0.29) is 57.3 Å². The van der Waals surface area contributed by atoms with Gasteiger partial charge in [0.2, 0.25) is 0 Å². The van der Waals surface area contributed by atoms with Crippen LogP contribution in [0, 0.1) is 20.2 Å². The van der Waals surface area contributed by atoms with Gasteiger partial charge in [0.1, 0.15) is 5.84 Å². The van der Waals surface area contributed by atoms with Crippen molar-refractivity contribution < 1.29 is 9.85 Å². The standard InChI is InChI=1S/C27H36N4O4.ClH/c1-15(2)21-11-19(30(32)33)12-22(16(3)4)25(21)27-28-9-10-29(27)26-23(17(5)6)13-20(31(34)35)14-24(26)18(7)8;/h11-18H,9-10H2,1-8H3;1H. The summed E-state index contributed by atoms with van der Waals surface area (Å²) < 4.78 is 0. The number of amidine groups is 1. The van der Waals surface area contributed by atoms with E-state index in [1.807, 2.05) is 55.4 Å². The maximum Gasteiger partial charge on any atom is 0.270 e. The number of nitro groups is 2. The van der Waals surface area contributed by atoms with Crippen LogP contribution < -0.4 is 4.90 Å². The van der Waals surface area contributed by atoms with Gasteiger partial charge in [-0.1, -0.05) is 55.4 Å². The normalized spacial score (nSPS) is 13.6. The monoisotopic (exact) mass is 516 g/mol. The molecule has 1 heterocycles. The van der Waals surface area contributed by atoms with Crippen LogP contribution in [-0.2, 0) is 0 Å². The molecule has 196 valence electrons. The molecule has 36 heavy (non-hydrogen) atoms. The SMILES string of the molecule is CC(C)c1cc([N+](=O)[O-])cc(C(C)C)c1C1=NCCN1c1c(C(C)C)cc([N+](=O)[O-])cc1C(C)C.Cl. The quantitative estimate of drug-likeness (QED) is 0.264. The van der Waals surface area contributed by atoms with Gasteiger partial charge in [-0.2, -0.15) is 0 Å². The van der Waals surface area contributed by atoms with E-state index in [0.29, 0.717) is 13.1 Å². The third-order valence-electron chi connectivity index (χ3n) is 6.58. The van der Waals surface area contributed by atoms with Crippen molar-refractivity contribution in [3.8, 4) is 0 Å². The van der Waals surface area contributed by atoms with Gasteiger partial charge < -0.3 is 4.90 Å². The Balaban J connectivity index is 0.00000456. The summed E-state index contributed by atoms with van der Waals surface area (Å²) in [6, 6.07) is 6.72. The first-order chi connectivity index (χ1) is 16.3. The molecular formula is C27H37ClN4O4. The molecule has 0 saturated heterocycles. The van der Waals surface area contributed by atoms with Crippen molar-refractivity contribution in [3.05, 3.63) is 72.3 Å². The highest BCUT2D eigenvalue weighted by Crippen LogP contribution is 2.42. The molecule has 0 saturated carbocycles. The molecule has 2 aromatic carbocycles. The Bertz CT molecular complexity index is 1130. The van der Waals surface area contributed by atoms with E-state index in [4.69, 9.17) is 4.99 Å². The number of halogens is 1. The lowest BCUT2D eigenvalue weighted by molar-refractivity contribution is -0.385. The van der Waals surface area contributed by atoms with Crippen molar-refractivity contribution in [3.63, 3.8) is 0 Å². The van der Waals surface area contributed by atoms with Crippen LogP contribution in [0.25, 0.3) is 0 Å². The van der Waals surface area contributed by atoms with Crippen molar-refractivity contribution in [2.75, 3.05) is 18.0 Å². The van der Waals surface area contributed by atoms with Gasteiger partial charge >= 0.3 is 0 Å². The summed E-state index contributed by atoms with van der Waals surface area (Å²) in [7, 11) is 0. The molecule has 2 aromatic rings. The van der Waals surface area contributed by atoms with Gasteiger partial charge in [0.05, 0.1) is 16.4 Å². The zero-order valence-electron chi connectivity index (χ0n) is 22.4. The molecular weight excluding hydrogens is 480 g/mol. The molecule has 0 fully saturated rings. The fourth-order valence-corrected chi connectivity index (χ4v) is 4.79. The Hall–Kier alpha value is -3.00. The van der Waals surface area contributed by atoms with Crippen molar-refractivity contribution >= 4 is 35.3 Å². The van der Waals surface area contributed by atoms with Crippen LogP contribution in [0.3, 0.4) is 0 Å². The van der Waals surface area contributed by atoms with E-state index in [2.05, 4.69) is 4.90 Å². The molecule has 0 radical (unpaired) electrons. The molecule has 0 unspecified atom stereocenters. The predicted molar refractivity (Wildman–Crippen MR) is 149 cm³/mol. The lowest BCUT2D eigenvalue weighted by atomic mass is 9.86. The number of aliphatic imine (C=N–C) groups is 1. The molecule has 9 heteroatoms. The molecule has 3 rings (SSSR count). The van der Waals surface area contributed by atoms with Crippen LogP contribution in [0.5, 0.6) is 0 Å². The van der Waals surface area contributed by atoms with E-state index in [9.17, 15) is 20.2 Å². The number of hydrogen-bond donors (Lipinski definition) is 0. The molecule has 0 N–H and O–H groups in total. The highest BCUT2D eigenvalue weighted by Gasteiger charge is 2.33. The number of anilines is 1. The lowest BCUT2D eigenvalue weighted by Crippen LogP contribution is -2.32. The van der Waals surface area contributed by atoms with Gasteiger partial charge in [-0.3, -0.25) is 25.2 Å². The minimum absolute atomic E-state index is 0. The van der Waals surface area contributed by atoms with Gasteiger partial charge in [0, 0.05) is 42.1 Å². The van der Waals surface area contributed by atoms with E-state index < -0.39 is 0 Å². The third kappa shape index (κ3) is 5.53. The van der Waals surface area contributed by atoms with Gasteiger partial charge in [0.15, 0.2) is 0 Å². The number of benzene rings is 2. The molecule has 0 bridgehead atoms. The Kier molecular flexibility index (Phi) is 9.23. The van der Waals surface area contributed by atoms with E-state index >= 15 is 0 Å². The Morgan fingerprint density at radius 3 is 1.42 bits per heavy atom. The van der Waals surface area contributed by atoms with Crippen molar-refractivity contribution in [1.82, 2.24) is 0 Å². The van der Waals surface area contributed by atoms with Crippen LogP contribution in [0.4, 0.5) is 17.1 Å². The minimum atomic E-state index is -0.334. The smallest absolute Gasteiger partial charge is 0.270 e. The zero-order valence-corrected chi connectivity index (χ0v) is 23.2. The number of nitrogens with zero attached hydrogens (tertiary/aromatic N) is 4. The molecule has 0 amide bonds. The summed E-state index contributed by atoms with van der Waals surface area (Å²) >= 11 is 0. The molecule has 0 aromatic heterocycles. The molecule has 0 aliphatic carbocycles. The topological polar surface area (TPSA) is 102 Å². The second-order valence-corrected chi connectivity index (χ2v) is 10.5. The second-order valence-electron chi connectivity index (χ2n) is 10.5. The van der Waals surface area contributed by atoms with E-state index in [1.165, 1.54) is 0 Å². The first kappa shape index (κ1) is 29.2. The van der Waals surface area contributed by atoms with Gasteiger partial charge in [-0.25, -0.2) is 0 Å². The summed E-state index contributed by atoms with van der Waals surface area (Å²) in [5, 5.41) is 23.4. The Morgan fingerprint density at radius 2 is 1.08 bits per heavy atom. The highest BCUT2D eigenvalue weighted by molar-refractivity contribution is 6.14. The maximum absolute atomic E-state index is 11.7. The minimum Gasteiger partial charge on any atom is -0.324 e. The molecule has 1 aliphatic heterocycles. The third-order valence-corrected chi connectivity index (χ3v) is 6.58. The van der Waals surface area contributed by atoms with Crippen molar-refractivity contribution in [2.24, 2.45) is 4.99 Å². The van der Waals surface area contributed by atoms with E-state index in [0.717, 1.165) is 39.3 Å². The summed E-state index contributed by atoms with van der Waals surface area (Å²) in [5.74, 6) is 1.03. The van der Waals surface area contributed by atoms with Gasteiger partial charge in [0.25, 0.3) is 11.4 Å². The zero-order chi connectivity index (χ0) is 26.2. The summed E-state index contributed by atoms with van der Waals surface area (Å²) in [5.41, 5.74) is 5.72.